The van der Waals surface area contributed by atoms with E-state index < -0.39 is 33.9 Å². The highest BCUT2D eigenvalue weighted by Gasteiger charge is 2.48. The molecule has 0 bridgehead atoms. The summed E-state index contributed by atoms with van der Waals surface area (Å²) in [6, 6.07) is 13.0. The van der Waals surface area contributed by atoms with Gasteiger partial charge < -0.3 is 4.74 Å². The van der Waals surface area contributed by atoms with Gasteiger partial charge in [-0.2, -0.15) is 4.31 Å². The Bertz CT molecular complexity index is 989. The first-order chi connectivity index (χ1) is 13.8. The molecule has 2 amide bonds. The summed E-state index contributed by atoms with van der Waals surface area (Å²) >= 11 is 0. The predicted molar refractivity (Wildman–Crippen MR) is 109 cm³/mol. The van der Waals surface area contributed by atoms with Crippen LogP contribution < -0.4 is 9.64 Å². The second-order valence-corrected chi connectivity index (χ2v) is 8.73. The Morgan fingerprint density at radius 3 is 2.28 bits per heavy atom. The first-order valence-electron chi connectivity index (χ1n) is 9.40. The van der Waals surface area contributed by atoms with E-state index >= 15 is 0 Å². The average molecular weight is 416 g/mol. The summed E-state index contributed by atoms with van der Waals surface area (Å²) in [5.74, 6) is -0.376. The quantitative estimate of drug-likeness (QED) is 0.648. The summed E-state index contributed by atoms with van der Waals surface area (Å²) in [5.41, 5.74) is 0.393. The molecule has 3 rings (SSSR count). The molecular formula is C21H24N2O5S. The number of sulfonamides is 1. The largest absolute Gasteiger partial charge is 0.497 e. The molecule has 1 heterocycles. The third kappa shape index (κ3) is 3.90. The van der Waals surface area contributed by atoms with Gasteiger partial charge in [0.2, 0.25) is 15.9 Å². The average Bonchev–Trinajstić information content (AvgIpc) is 3.02. The minimum absolute atomic E-state index is 0.100. The molecule has 2 atom stereocenters. The number of carbonyl (C=O) groups is 2. The Labute approximate surface area is 170 Å². The Kier molecular flexibility index (Phi) is 6.04. The maximum Gasteiger partial charge on any atom is 0.252 e. The van der Waals surface area contributed by atoms with Gasteiger partial charge in [-0.15, -0.1) is 0 Å². The molecule has 2 unspecified atom stereocenters. The molecule has 0 spiro atoms. The van der Waals surface area contributed by atoms with Crippen molar-refractivity contribution in [1.82, 2.24) is 4.31 Å². The second-order valence-electron chi connectivity index (χ2n) is 6.89. The van der Waals surface area contributed by atoms with Gasteiger partial charge >= 0.3 is 0 Å². The number of hydrogen-bond donors (Lipinski definition) is 0. The number of nitrogens with zero attached hydrogens (tertiary/aromatic N) is 2. The van der Waals surface area contributed by atoms with Gasteiger partial charge in [-0.25, -0.2) is 13.3 Å². The second kappa shape index (κ2) is 8.34. The standard InChI is InChI=1S/C21H24N2O5S/c1-4-15(2)23(29(26,27)18-8-6-5-7-9-18)19-14-20(24)22(21(19)25)16-10-12-17(28-3)13-11-16/h5-13,15,19H,4,14H2,1-3H3. The molecule has 1 fully saturated rings. The molecule has 7 nitrogen and oxygen atoms in total. The summed E-state index contributed by atoms with van der Waals surface area (Å²) in [5, 5.41) is 0. The Morgan fingerprint density at radius 2 is 1.72 bits per heavy atom. The third-order valence-electron chi connectivity index (χ3n) is 5.10. The van der Waals surface area contributed by atoms with Crippen molar-refractivity contribution >= 4 is 27.5 Å². The molecule has 8 heteroatoms. The SMILES string of the molecule is CCC(C)N(C1CC(=O)N(c2ccc(OC)cc2)C1=O)S(=O)(=O)c1ccccc1. The van der Waals surface area contributed by atoms with Crippen molar-refractivity contribution in [3.05, 3.63) is 54.6 Å². The molecule has 0 N–H and O–H groups in total. The molecule has 0 aromatic heterocycles. The zero-order valence-electron chi connectivity index (χ0n) is 16.6. The van der Waals surface area contributed by atoms with Crippen molar-refractivity contribution in [3.8, 4) is 5.75 Å². The number of carbonyl (C=O) groups excluding carboxylic acids is 2. The normalized spacial score (nSPS) is 18.3. The van der Waals surface area contributed by atoms with Crippen LogP contribution in [0.5, 0.6) is 5.75 Å². The molecule has 154 valence electrons. The number of hydrogen-bond acceptors (Lipinski definition) is 5. The molecule has 2 aromatic carbocycles. The fourth-order valence-electron chi connectivity index (χ4n) is 3.42. The van der Waals surface area contributed by atoms with E-state index in [1.807, 2.05) is 6.92 Å². The van der Waals surface area contributed by atoms with E-state index in [2.05, 4.69) is 0 Å². The first kappa shape index (κ1) is 21.0. The topological polar surface area (TPSA) is 84.0 Å². The minimum Gasteiger partial charge on any atom is -0.497 e. The van der Waals surface area contributed by atoms with Crippen LogP contribution in [0.1, 0.15) is 26.7 Å². The summed E-state index contributed by atoms with van der Waals surface area (Å²) in [6.45, 7) is 3.59. The molecular weight excluding hydrogens is 392 g/mol. The van der Waals surface area contributed by atoms with Crippen LogP contribution in [-0.4, -0.2) is 43.7 Å². The molecule has 2 aromatic rings. The molecule has 1 aliphatic rings. The van der Waals surface area contributed by atoms with Gasteiger partial charge in [0, 0.05) is 6.04 Å². The molecule has 29 heavy (non-hydrogen) atoms. The van der Waals surface area contributed by atoms with E-state index in [9.17, 15) is 18.0 Å². The lowest BCUT2D eigenvalue weighted by Crippen LogP contribution is -2.49. The Balaban J connectivity index is 1.99. The first-order valence-corrected chi connectivity index (χ1v) is 10.8. The smallest absolute Gasteiger partial charge is 0.252 e. The van der Waals surface area contributed by atoms with Crippen molar-refractivity contribution in [2.24, 2.45) is 0 Å². The van der Waals surface area contributed by atoms with Crippen LogP contribution in [0.2, 0.25) is 0 Å². The number of amides is 2. The lowest BCUT2D eigenvalue weighted by Gasteiger charge is -2.31. The van der Waals surface area contributed by atoms with Crippen molar-refractivity contribution in [2.75, 3.05) is 12.0 Å². The lowest BCUT2D eigenvalue weighted by atomic mass is 10.2. The molecule has 1 saturated heterocycles. The number of imide groups is 1. The summed E-state index contributed by atoms with van der Waals surface area (Å²) < 4.78 is 32.9. The van der Waals surface area contributed by atoms with Crippen LogP contribution in [0.3, 0.4) is 0 Å². The zero-order chi connectivity index (χ0) is 21.2. The number of anilines is 1. The number of methoxy groups -OCH3 is 1. The highest BCUT2D eigenvalue weighted by atomic mass is 32.2. The van der Waals surface area contributed by atoms with E-state index in [0.717, 1.165) is 4.90 Å². The molecule has 0 radical (unpaired) electrons. The molecule has 1 aliphatic heterocycles. The zero-order valence-corrected chi connectivity index (χ0v) is 17.4. The van der Waals surface area contributed by atoms with Crippen LogP contribution in [0.25, 0.3) is 0 Å². The van der Waals surface area contributed by atoms with Gasteiger partial charge in [0.25, 0.3) is 5.91 Å². The van der Waals surface area contributed by atoms with Crippen molar-refractivity contribution in [1.29, 1.82) is 0 Å². The van der Waals surface area contributed by atoms with Crippen LogP contribution in [-0.2, 0) is 19.6 Å². The number of ether oxygens (including phenoxy) is 1. The van der Waals surface area contributed by atoms with Gasteiger partial charge in [0.15, 0.2) is 0 Å². The summed E-state index contributed by atoms with van der Waals surface area (Å²) in [4.78, 5) is 27.0. The highest BCUT2D eigenvalue weighted by Crippen LogP contribution is 2.32. The van der Waals surface area contributed by atoms with E-state index in [1.54, 1.807) is 49.4 Å². The fourth-order valence-corrected chi connectivity index (χ4v) is 5.29. The maximum absolute atomic E-state index is 13.3. The highest BCUT2D eigenvalue weighted by molar-refractivity contribution is 7.89. The fraction of sp³-hybridized carbons (Fsp3) is 0.333. The van der Waals surface area contributed by atoms with E-state index in [4.69, 9.17) is 4.74 Å². The van der Waals surface area contributed by atoms with Crippen LogP contribution in [0.4, 0.5) is 5.69 Å². The van der Waals surface area contributed by atoms with E-state index in [-0.39, 0.29) is 11.3 Å². The van der Waals surface area contributed by atoms with E-state index in [1.165, 1.54) is 23.5 Å². The van der Waals surface area contributed by atoms with Gasteiger partial charge in [-0.05, 0) is 49.7 Å². The molecule has 0 aliphatic carbocycles. The van der Waals surface area contributed by atoms with Gasteiger partial charge in [-0.1, -0.05) is 25.1 Å². The van der Waals surface area contributed by atoms with Crippen LogP contribution >= 0.6 is 0 Å². The Morgan fingerprint density at radius 1 is 1.10 bits per heavy atom. The lowest BCUT2D eigenvalue weighted by molar-refractivity contribution is -0.122. The third-order valence-corrected chi connectivity index (χ3v) is 7.14. The van der Waals surface area contributed by atoms with Gasteiger partial charge in [-0.3, -0.25) is 9.59 Å². The van der Waals surface area contributed by atoms with Crippen molar-refractivity contribution in [3.63, 3.8) is 0 Å². The van der Waals surface area contributed by atoms with E-state index in [0.29, 0.717) is 17.9 Å². The molecule has 0 saturated carbocycles. The van der Waals surface area contributed by atoms with Crippen LogP contribution in [0.15, 0.2) is 59.5 Å². The summed E-state index contributed by atoms with van der Waals surface area (Å²) in [6.07, 6.45) is 0.313. The van der Waals surface area contributed by atoms with Crippen molar-refractivity contribution in [2.45, 2.75) is 43.7 Å². The monoisotopic (exact) mass is 416 g/mol. The van der Waals surface area contributed by atoms with Crippen LogP contribution in [0, 0.1) is 0 Å². The van der Waals surface area contributed by atoms with Gasteiger partial charge in [0.1, 0.15) is 11.8 Å². The number of benzene rings is 2. The summed E-state index contributed by atoms with van der Waals surface area (Å²) in [7, 11) is -2.43. The van der Waals surface area contributed by atoms with Gasteiger partial charge in [0.05, 0.1) is 24.1 Å². The maximum atomic E-state index is 13.3. The minimum atomic E-state index is -3.95. The van der Waals surface area contributed by atoms with Crippen molar-refractivity contribution < 1.29 is 22.7 Å². The Hall–Kier alpha value is -2.71. The number of rotatable bonds is 7. The predicted octanol–water partition coefficient (Wildman–Crippen LogP) is 2.82.